The van der Waals surface area contributed by atoms with Crippen molar-refractivity contribution in [3.8, 4) is 0 Å². The molecule has 2 aliphatic rings. The molecule has 5 heteroatoms. The normalized spacial score (nSPS) is 26.4. The predicted octanol–water partition coefficient (Wildman–Crippen LogP) is 1.98. The highest BCUT2D eigenvalue weighted by Crippen LogP contribution is 2.33. The van der Waals surface area contributed by atoms with E-state index in [-0.39, 0.29) is 5.92 Å². The Kier molecular flexibility index (Phi) is 4.62. The lowest BCUT2D eigenvalue weighted by Gasteiger charge is -2.33. The van der Waals surface area contributed by atoms with E-state index in [9.17, 15) is 4.79 Å². The summed E-state index contributed by atoms with van der Waals surface area (Å²) in [4.78, 5) is 19.8. The molecule has 2 saturated heterocycles. The Labute approximate surface area is 130 Å². The van der Waals surface area contributed by atoms with Crippen LogP contribution in [-0.2, 0) is 16.1 Å². The lowest BCUT2D eigenvalue weighted by molar-refractivity contribution is -0.140. The average Bonchev–Trinajstić information content (AvgIpc) is 3.05. The van der Waals surface area contributed by atoms with Gasteiger partial charge in [0.25, 0.3) is 0 Å². The van der Waals surface area contributed by atoms with Gasteiger partial charge < -0.3 is 9.64 Å². The van der Waals surface area contributed by atoms with Crippen molar-refractivity contribution < 1.29 is 9.53 Å². The van der Waals surface area contributed by atoms with Crippen LogP contribution in [0.2, 0.25) is 0 Å². The number of thiophene rings is 1. The van der Waals surface area contributed by atoms with Gasteiger partial charge in [-0.1, -0.05) is 0 Å². The van der Waals surface area contributed by atoms with Gasteiger partial charge in [-0.3, -0.25) is 9.69 Å². The second-order valence-electron chi connectivity index (χ2n) is 6.18. The summed E-state index contributed by atoms with van der Waals surface area (Å²) < 4.78 is 5.10. The van der Waals surface area contributed by atoms with Gasteiger partial charge >= 0.3 is 0 Å². The van der Waals surface area contributed by atoms with Crippen molar-refractivity contribution in [2.45, 2.75) is 19.9 Å². The number of carbonyl (C=O) groups excluding carboxylic acids is 1. The number of fused-ring (bicyclic) bond motifs is 1. The minimum absolute atomic E-state index is 0.205. The first-order chi connectivity index (χ1) is 10.2. The highest BCUT2D eigenvalue weighted by molar-refractivity contribution is 7.11. The molecule has 0 N–H and O–H groups in total. The van der Waals surface area contributed by atoms with E-state index in [2.05, 4.69) is 24.0 Å². The van der Waals surface area contributed by atoms with Crippen LogP contribution in [0.4, 0.5) is 0 Å². The molecule has 2 aliphatic heterocycles. The highest BCUT2D eigenvalue weighted by atomic mass is 32.1. The first kappa shape index (κ1) is 15.0. The van der Waals surface area contributed by atoms with E-state index in [0.29, 0.717) is 18.4 Å². The quantitative estimate of drug-likeness (QED) is 0.834. The fourth-order valence-corrected chi connectivity index (χ4v) is 4.48. The van der Waals surface area contributed by atoms with Gasteiger partial charge in [-0.05, 0) is 31.4 Å². The van der Waals surface area contributed by atoms with E-state index in [4.69, 9.17) is 4.74 Å². The number of carbonyl (C=O) groups is 1. The molecule has 1 aromatic rings. The van der Waals surface area contributed by atoms with Crippen LogP contribution in [-0.4, -0.2) is 55.6 Å². The summed E-state index contributed by atoms with van der Waals surface area (Å²) in [6, 6.07) is 4.40. The third-order valence-corrected chi connectivity index (χ3v) is 5.64. The van der Waals surface area contributed by atoms with Crippen molar-refractivity contribution in [1.82, 2.24) is 9.80 Å². The number of aryl methyl sites for hydroxylation is 1. The van der Waals surface area contributed by atoms with Crippen molar-refractivity contribution in [2.24, 2.45) is 11.8 Å². The molecule has 2 fully saturated rings. The molecule has 0 aromatic carbocycles. The first-order valence-electron chi connectivity index (χ1n) is 7.73. The minimum Gasteiger partial charge on any atom is -0.383 e. The molecule has 0 spiro atoms. The first-order valence-corrected chi connectivity index (χ1v) is 8.54. The Hall–Kier alpha value is -0.910. The molecular formula is C16H24N2O2S. The third kappa shape index (κ3) is 3.30. The van der Waals surface area contributed by atoms with Crippen molar-refractivity contribution in [1.29, 1.82) is 0 Å². The lowest BCUT2D eigenvalue weighted by atomic mass is 9.88. The van der Waals surface area contributed by atoms with Crippen LogP contribution in [0.15, 0.2) is 12.1 Å². The van der Waals surface area contributed by atoms with Gasteiger partial charge in [0.2, 0.25) is 5.91 Å². The van der Waals surface area contributed by atoms with Crippen molar-refractivity contribution >= 4 is 17.2 Å². The molecule has 0 unspecified atom stereocenters. The summed E-state index contributed by atoms with van der Waals surface area (Å²) in [5.74, 6) is 1.10. The van der Waals surface area contributed by atoms with Gasteiger partial charge in [0.05, 0.1) is 12.5 Å². The standard InChI is InChI=1S/C16H24N2O2S/c1-12-3-4-14(21-12)10-17-9-13-5-6-18(7-8-20-2)16(19)15(13)11-17/h3-4,13,15H,5-11H2,1-2H3/t13-,15-/m1/s1. The van der Waals surface area contributed by atoms with E-state index in [1.54, 1.807) is 7.11 Å². The van der Waals surface area contributed by atoms with Crippen LogP contribution < -0.4 is 0 Å². The van der Waals surface area contributed by atoms with E-state index >= 15 is 0 Å². The summed E-state index contributed by atoms with van der Waals surface area (Å²) in [6.45, 7) is 7.42. The van der Waals surface area contributed by atoms with Crippen LogP contribution in [0, 0.1) is 18.8 Å². The zero-order valence-corrected chi connectivity index (χ0v) is 13.7. The molecule has 1 aromatic heterocycles. The van der Waals surface area contributed by atoms with Crippen LogP contribution in [0.25, 0.3) is 0 Å². The molecule has 0 bridgehead atoms. The van der Waals surface area contributed by atoms with E-state index in [1.165, 1.54) is 9.75 Å². The van der Waals surface area contributed by atoms with Gasteiger partial charge in [0.15, 0.2) is 0 Å². The maximum Gasteiger partial charge on any atom is 0.227 e. The third-order valence-electron chi connectivity index (χ3n) is 4.66. The van der Waals surface area contributed by atoms with Crippen molar-refractivity contribution in [3.63, 3.8) is 0 Å². The monoisotopic (exact) mass is 308 g/mol. The molecular weight excluding hydrogens is 284 g/mol. The molecule has 21 heavy (non-hydrogen) atoms. The van der Waals surface area contributed by atoms with Crippen LogP contribution in [0.1, 0.15) is 16.2 Å². The predicted molar refractivity (Wildman–Crippen MR) is 84.4 cm³/mol. The molecule has 4 nitrogen and oxygen atoms in total. The maximum atomic E-state index is 12.6. The van der Waals surface area contributed by atoms with Crippen molar-refractivity contribution in [3.05, 3.63) is 21.9 Å². The SMILES string of the molecule is COCCN1CC[C@@H]2CN(Cc3ccc(C)s3)C[C@H]2C1=O. The fraction of sp³-hybridized carbons (Fsp3) is 0.688. The molecule has 0 aliphatic carbocycles. The Morgan fingerprint density at radius 1 is 1.38 bits per heavy atom. The zero-order chi connectivity index (χ0) is 14.8. The Bertz CT molecular complexity index is 502. The second kappa shape index (κ2) is 6.46. The largest absolute Gasteiger partial charge is 0.383 e. The number of hydrogen-bond donors (Lipinski definition) is 0. The summed E-state index contributed by atoms with van der Waals surface area (Å²) >= 11 is 1.87. The summed E-state index contributed by atoms with van der Waals surface area (Å²) in [5, 5.41) is 0. The zero-order valence-electron chi connectivity index (χ0n) is 12.9. The number of piperidine rings is 1. The van der Waals surface area contributed by atoms with Crippen LogP contribution >= 0.6 is 11.3 Å². The Morgan fingerprint density at radius 3 is 2.95 bits per heavy atom. The van der Waals surface area contributed by atoms with E-state index in [0.717, 1.165) is 39.1 Å². The van der Waals surface area contributed by atoms with E-state index in [1.807, 2.05) is 16.2 Å². The van der Waals surface area contributed by atoms with Gasteiger partial charge in [0.1, 0.15) is 0 Å². The van der Waals surface area contributed by atoms with Crippen LogP contribution in [0.3, 0.4) is 0 Å². The maximum absolute atomic E-state index is 12.6. The van der Waals surface area contributed by atoms with Crippen LogP contribution in [0.5, 0.6) is 0 Å². The van der Waals surface area contributed by atoms with Gasteiger partial charge in [-0.2, -0.15) is 0 Å². The Balaban J connectivity index is 1.58. The number of rotatable bonds is 5. The van der Waals surface area contributed by atoms with Crippen molar-refractivity contribution in [2.75, 3.05) is 39.9 Å². The number of methoxy groups -OCH3 is 1. The topological polar surface area (TPSA) is 32.8 Å². The molecule has 3 rings (SSSR count). The van der Waals surface area contributed by atoms with Gasteiger partial charge in [-0.15, -0.1) is 11.3 Å². The highest BCUT2D eigenvalue weighted by Gasteiger charge is 2.42. The molecule has 3 heterocycles. The number of likely N-dealkylation sites (tertiary alicyclic amines) is 2. The summed E-state index contributed by atoms with van der Waals surface area (Å²) in [6.07, 6.45) is 1.14. The minimum atomic E-state index is 0.205. The smallest absolute Gasteiger partial charge is 0.227 e. The summed E-state index contributed by atoms with van der Waals surface area (Å²) in [7, 11) is 1.69. The molecule has 0 radical (unpaired) electrons. The lowest BCUT2D eigenvalue weighted by Crippen LogP contribution is -2.46. The number of nitrogens with zero attached hydrogens (tertiary/aromatic N) is 2. The Morgan fingerprint density at radius 2 is 2.24 bits per heavy atom. The summed E-state index contributed by atoms with van der Waals surface area (Å²) in [5.41, 5.74) is 0. The fourth-order valence-electron chi connectivity index (χ4n) is 3.54. The molecule has 2 atom stereocenters. The number of hydrogen-bond acceptors (Lipinski definition) is 4. The van der Waals surface area contributed by atoms with Gasteiger partial charge in [0, 0.05) is 49.6 Å². The average molecular weight is 308 g/mol. The number of ether oxygens (including phenoxy) is 1. The van der Waals surface area contributed by atoms with Gasteiger partial charge in [-0.25, -0.2) is 0 Å². The molecule has 116 valence electrons. The number of amides is 1. The molecule has 1 amide bonds. The second-order valence-corrected chi connectivity index (χ2v) is 7.55. The molecule has 0 saturated carbocycles. The van der Waals surface area contributed by atoms with E-state index < -0.39 is 0 Å².